The zero-order valence-electron chi connectivity index (χ0n) is 13.6. The Morgan fingerprint density at radius 1 is 0.471 bits per heavy atom. The molecule has 17 heavy (non-hydrogen) atoms. The van der Waals surface area contributed by atoms with Crippen LogP contribution in [0.3, 0.4) is 0 Å². The zero-order valence-corrected chi connectivity index (χ0v) is 17.0. The van der Waals surface area contributed by atoms with Gasteiger partial charge >= 0.3 is 75.5 Å². The summed E-state index contributed by atoms with van der Waals surface area (Å²) in [5.41, 5.74) is 0. The van der Waals surface area contributed by atoms with Crippen molar-refractivity contribution < 1.29 is 48.9 Å². The van der Waals surface area contributed by atoms with Gasteiger partial charge in [0.2, 0.25) is 0 Å². The first-order valence-corrected chi connectivity index (χ1v) is 10.0. The second-order valence-electron chi connectivity index (χ2n) is 2.59. The molecule has 0 spiro atoms. The summed E-state index contributed by atoms with van der Waals surface area (Å²) in [6, 6.07) is 0. The van der Waals surface area contributed by atoms with Crippen molar-refractivity contribution in [1.82, 2.24) is 0 Å². The molecule has 0 aliphatic rings. The van der Waals surface area contributed by atoms with E-state index in [4.69, 9.17) is 43.2 Å². The van der Waals surface area contributed by atoms with E-state index in [2.05, 4.69) is 0 Å². The summed E-state index contributed by atoms with van der Waals surface area (Å²) in [7, 11) is -13.1. The largest absolute Gasteiger partial charge is 2.00 e. The van der Waals surface area contributed by atoms with Crippen LogP contribution in [0.2, 0.25) is 19.6 Å². The molecular formula is C3H13Ca2O9Si3-9. The van der Waals surface area contributed by atoms with E-state index in [0.717, 1.165) is 0 Å². The Morgan fingerprint density at radius 2 is 0.471 bits per heavy atom. The molecule has 14 heteroatoms. The van der Waals surface area contributed by atoms with Crippen molar-refractivity contribution in [3.63, 3.8) is 0 Å². The van der Waals surface area contributed by atoms with Crippen LogP contribution in [0.15, 0.2) is 0 Å². The Morgan fingerprint density at radius 3 is 0.471 bits per heavy atom. The van der Waals surface area contributed by atoms with Gasteiger partial charge in [-0.3, -0.25) is 26.4 Å². The van der Waals surface area contributed by atoms with E-state index >= 15 is 0 Å². The van der Waals surface area contributed by atoms with Crippen LogP contribution in [0, 0.1) is 0 Å². The van der Waals surface area contributed by atoms with Crippen LogP contribution in [0.25, 0.3) is 0 Å². The van der Waals surface area contributed by atoms with Gasteiger partial charge in [-0.15, -0.1) is 19.6 Å². The molecule has 0 aliphatic carbocycles. The summed E-state index contributed by atoms with van der Waals surface area (Å²) in [6.07, 6.45) is 0. The summed E-state index contributed by atoms with van der Waals surface area (Å²) in [4.78, 5) is 82.2. The van der Waals surface area contributed by atoms with Crippen molar-refractivity contribution >= 4 is 102 Å². The van der Waals surface area contributed by atoms with E-state index in [0.29, 0.717) is 19.6 Å². The molecule has 0 atom stereocenters. The topological polar surface area (TPSA) is 208 Å². The first kappa shape index (κ1) is 32.0. The van der Waals surface area contributed by atoms with E-state index in [1.807, 2.05) is 0 Å². The van der Waals surface area contributed by atoms with Crippen LogP contribution < -0.4 is 43.2 Å². The fourth-order valence-corrected chi connectivity index (χ4v) is 0. The average Bonchev–Trinajstić information content (AvgIpc) is 1.41. The van der Waals surface area contributed by atoms with Crippen LogP contribution in [0.4, 0.5) is 0 Å². The van der Waals surface area contributed by atoms with Crippen molar-refractivity contribution in [2.45, 2.75) is 19.6 Å². The first-order valence-electron chi connectivity index (χ1n) is 3.34. The molecular weight excluding hydrogens is 344 g/mol. The molecule has 0 radical (unpaired) electrons. The summed E-state index contributed by atoms with van der Waals surface area (Å²) in [5, 5.41) is 0. The zero-order chi connectivity index (χ0) is 13.5. The van der Waals surface area contributed by atoms with Gasteiger partial charge in [0.05, 0.1) is 0 Å². The molecule has 0 saturated carbocycles. The smallest absolute Gasteiger partial charge is 1.00 e. The molecule has 0 N–H and O–H groups in total. The second-order valence-corrected chi connectivity index (χ2v) is 7.76. The quantitative estimate of drug-likeness (QED) is 0.376. The van der Waals surface area contributed by atoms with Gasteiger partial charge in [0.25, 0.3) is 0 Å². The Balaban J connectivity index is -0.0000000129. The molecule has 0 amide bonds. The van der Waals surface area contributed by atoms with Crippen molar-refractivity contribution in [2.75, 3.05) is 0 Å². The minimum absolute atomic E-state index is 0. The minimum Gasteiger partial charge on any atom is -1.00 e. The molecule has 0 heterocycles. The third-order valence-corrected chi connectivity index (χ3v) is 0. The SMILES string of the molecule is C[Si]([O-])([O-])[O-].C[Si]([O-])([O-])[O-].C[Si]([O-])([O-])[O-].[Ca+2].[Ca+2].[H-].[H-].[H-].[H-]. The van der Waals surface area contributed by atoms with E-state index in [9.17, 15) is 0 Å². The average molecular weight is 358 g/mol. The second kappa shape index (κ2) is 13.8. The van der Waals surface area contributed by atoms with Crippen LogP contribution in [-0.4, -0.2) is 102 Å². The third-order valence-electron chi connectivity index (χ3n) is 0. The molecule has 0 rings (SSSR count). The fourth-order valence-electron chi connectivity index (χ4n) is 0. The minimum atomic E-state index is -4.36. The molecule has 0 saturated heterocycles. The van der Waals surface area contributed by atoms with Gasteiger partial charge in [0, 0.05) is 0 Å². The van der Waals surface area contributed by atoms with Gasteiger partial charge in [0.1, 0.15) is 0 Å². The van der Waals surface area contributed by atoms with Gasteiger partial charge in [-0.25, -0.2) is 0 Å². The van der Waals surface area contributed by atoms with E-state index < -0.39 is 26.4 Å². The Kier molecular flexibility index (Phi) is 25.9. The van der Waals surface area contributed by atoms with E-state index in [1.165, 1.54) is 0 Å². The monoisotopic (exact) mass is 357 g/mol. The summed E-state index contributed by atoms with van der Waals surface area (Å²) < 4.78 is 0. The summed E-state index contributed by atoms with van der Waals surface area (Å²) in [5.74, 6) is 0. The van der Waals surface area contributed by atoms with Crippen molar-refractivity contribution in [2.24, 2.45) is 0 Å². The Labute approximate surface area is 168 Å². The molecule has 0 bridgehead atoms. The fraction of sp³-hybridized carbons (Fsp3) is 1.00. The van der Waals surface area contributed by atoms with Crippen LogP contribution >= 0.6 is 0 Å². The predicted molar refractivity (Wildman–Crippen MR) is 50.8 cm³/mol. The summed E-state index contributed by atoms with van der Waals surface area (Å²) in [6.45, 7) is 1.98. The third kappa shape index (κ3) is 673. The van der Waals surface area contributed by atoms with Gasteiger partial charge < -0.3 is 48.9 Å². The van der Waals surface area contributed by atoms with E-state index in [-0.39, 0.29) is 81.2 Å². The maximum Gasteiger partial charge on any atom is 2.00 e. The standard InChI is InChI=1S/3CH3O3Si.2Ca.4H/c3*1-5(2,3)4;;;;;;/h3*1H3;;;;;;/q3*-3;2*+2;4*-1. The first-order chi connectivity index (χ1) is 6.00. The maximum absolute atomic E-state index is 9.13. The molecule has 0 aliphatic heterocycles. The van der Waals surface area contributed by atoms with Gasteiger partial charge in [-0.1, -0.05) is 0 Å². The van der Waals surface area contributed by atoms with Gasteiger partial charge in [-0.2, -0.15) is 0 Å². The number of rotatable bonds is 0. The van der Waals surface area contributed by atoms with Crippen molar-refractivity contribution in [3.05, 3.63) is 0 Å². The van der Waals surface area contributed by atoms with Gasteiger partial charge in [0.15, 0.2) is 0 Å². The molecule has 0 fully saturated rings. The van der Waals surface area contributed by atoms with Crippen LogP contribution in [-0.2, 0) is 0 Å². The number of hydrogen-bond donors (Lipinski definition) is 0. The van der Waals surface area contributed by atoms with Gasteiger partial charge in [-0.05, 0) is 0 Å². The normalized spacial score (nSPS) is 10.6. The maximum atomic E-state index is 9.13. The van der Waals surface area contributed by atoms with Crippen molar-refractivity contribution in [3.8, 4) is 0 Å². The summed E-state index contributed by atoms with van der Waals surface area (Å²) >= 11 is 0. The van der Waals surface area contributed by atoms with Crippen molar-refractivity contribution in [1.29, 1.82) is 0 Å². The van der Waals surface area contributed by atoms with Crippen LogP contribution in [0.1, 0.15) is 5.71 Å². The molecule has 0 aromatic carbocycles. The number of hydrogen-bond acceptors (Lipinski definition) is 9. The predicted octanol–water partition coefficient (Wildman–Crippen LogP) is -10.4. The van der Waals surface area contributed by atoms with E-state index in [1.54, 1.807) is 0 Å². The van der Waals surface area contributed by atoms with Crippen LogP contribution in [0.5, 0.6) is 0 Å². The molecule has 104 valence electrons. The molecule has 0 unspecified atom stereocenters. The Hall–Kier alpha value is 2.81. The molecule has 0 aromatic rings. The molecule has 9 nitrogen and oxygen atoms in total. The Bertz CT molecular complexity index is 119. The molecule has 0 aromatic heterocycles.